The summed E-state index contributed by atoms with van der Waals surface area (Å²) >= 11 is 0. The molecule has 0 heterocycles. The molecule has 0 fully saturated rings. The largest absolute Gasteiger partial charge is 0.382 e. The van der Waals surface area contributed by atoms with E-state index < -0.39 is 0 Å². The third-order valence-corrected chi connectivity index (χ3v) is 2.62. The lowest BCUT2D eigenvalue weighted by Crippen LogP contribution is -2.26. The molecule has 0 bridgehead atoms. The quantitative estimate of drug-likeness (QED) is 0.579. The van der Waals surface area contributed by atoms with Crippen LogP contribution in [0.5, 0.6) is 0 Å². The maximum atomic E-state index is 5.31. The molecular weight excluding hydrogens is 174 g/mol. The first-order chi connectivity index (χ1) is 6.74. The minimum atomic E-state index is 0.398. The maximum Gasteiger partial charge on any atom is 0.0546 e. The highest BCUT2D eigenvalue weighted by molar-refractivity contribution is 4.65. The van der Waals surface area contributed by atoms with Crippen molar-refractivity contribution < 1.29 is 4.74 Å². The van der Waals surface area contributed by atoms with Gasteiger partial charge in [-0.2, -0.15) is 0 Å². The summed E-state index contributed by atoms with van der Waals surface area (Å²) in [6, 6.07) is 0. The van der Waals surface area contributed by atoms with E-state index in [-0.39, 0.29) is 0 Å². The Morgan fingerprint density at radius 1 is 1.21 bits per heavy atom. The van der Waals surface area contributed by atoms with E-state index in [0.29, 0.717) is 6.10 Å². The van der Waals surface area contributed by atoms with E-state index in [1.807, 2.05) is 0 Å². The molecule has 0 saturated carbocycles. The number of nitrogens with one attached hydrogen (secondary N) is 1. The second-order valence-electron chi connectivity index (χ2n) is 4.14. The Hall–Kier alpha value is -0.0800. The van der Waals surface area contributed by atoms with E-state index in [9.17, 15) is 0 Å². The standard InChI is InChI=1S/C12H27NO/c1-5-7-12(9-11(3)14-4)10-13-8-6-2/h11-13H,5-10H2,1-4H3. The SMILES string of the molecule is CCCNCC(CCC)CC(C)OC. The number of ether oxygens (including phenoxy) is 1. The fourth-order valence-corrected chi connectivity index (χ4v) is 1.76. The Morgan fingerprint density at radius 2 is 1.93 bits per heavy atom. The molecule has 0 aliphatic rings. The van der Waals surface area contributed by atoms with E-state index >= 15 is 0 Å². The van der Waals surface area contributed by atoms with Crippen LogP contribution in [0.2, 0.25) is 0 Å². The molecule has 0 spiro atoms. The normalized spacial score (nSPS) is 15.4. The molecule has 2 unspecified atom stereocenters. The van der Waals surface area contributed by atoms with Gasteiger partial charge in [-0.15, -0.1) is 0 Å². The minimum Gasteiger partial charge on any atom is -0.382 e. The Kier molecular flexibility index (Phi) is 9.42. The molecule has 0 aliphatic heterocycles. The van der Waals surface area contributed by atoms with Gasteiger partial charge in [0.25, 0.3) is 0 Å². The molecule has 0 rings (SSSR count). The fourth-order valence-electron chi connectivity index (χ4n) is 1.76. The first-order valence-electron chi connectivity index (χ1n) is 5.98. The second kappa shape index (κ2) is 9.47. The first kappa shape index (κ1) is 13.9. The Morgan fingerprint density at radius 3 is 2.43 bits per heavy atom. The second-order valence-corrected chi connectivity index (χ2v) is 4.14. The lowest BCUT2D eigenvalue weighted by molar-refractivity contribution is 0.0930. The van der Waals surface area contributed by atoms with Crippen LogP contribution in [0.4, 0.5) is 0 Å². The molecule has 0 aromatic rings. The van der Waals surface area contributed by atoms with Crippen molar-refractivity contribution in [3.05, 3.63) is 0 Å². The third-order valence-electron chi connectivity index (χ3n) is 2.62. The number of methoxy groups -OCH3 is 1. The van der Waals surface area contributed by atoms with Crippen molar-refractivity contribution in [2.45, 2.75) is 52.6 Å². The van der Waals surface area contributed by atoms with Crippen molar-refractivity contribution in [2.75, 3.05) is 20.2 Å². The van der Waals surface area contributed by atoms with Gasteiger partial charge in [0.05, 0.1) is 6.10 Å². The monoisotopic (exact) mass is 201 g/mol. The average molecular weight is 201 g/mol. The molecule has 0 radical (unpaired) electrons. The summed E-state index contributed by atoms with van der Waals surface area (Å²) in [5.74, 6) is 0.779. The summed E-state index contributed by atoms with van der Waals surface area (Å²) in [4.78, 5) is 0. The van der Waals surface area contributed by atoms with E-state index in [1.54, 1.807) is 7.11 Å². The van der Waals surface area contributed by atoms with Gasteiger partial charge in [-0.25, -0.2) is 0 Å². The lowest BCUT2D eigenvalue weighted by Gasteiger charge is -2.20. The van der Waals surface area contributed by atoms with Crippen molar-refractivity contribution >= 4 is 0 Å². The van der Waals surface area contributed by atoms with Crippen LogP contribution in [0.3, 0.4) is 0 Å². The van der Waals surface area contributed by atoms with Crippen molar-refractivity contribution in [1.29, 1.82) is 0 Å². The van der Waals surface area contributed by atoms with Crippen LogP contribution in [-0.4, -0.2) is 26.3 Å². The third kappa shape index (κ3) is 7.34. The van der Waals surface area contributed by atoms with Gasteiger partial charge in [-0.05, 0) is 45.2 Å². The Labute approximate surface area is 89.4 Å². The van der Waals surface area contributed by atoms with Gasteiger partial charge in [0.1, 0.15) is 0 Å². The summed E-state index contributed by atoms with van der Waals surface area (Å²) in [6.07, 6.45) is 5.38. The van der Waals surface area contributed by atoms with Crippen molar-refractivity contribution in [1.82, 2.24) is 5.32 Å². The average Bonchev–Trinajstić information content (AvgIpc) is 2.18. The summed E-state index contributed by atoms with van der Waals surface area (Å²) in [5.41, 5.74) is 0. The van der Waals surface area contributed by atoms with E-state index in [4.69, 9.17) is 4.74 Å². The Bertz CT molecular complexity index is 117. The molecule has 0 aromatic carbocycles. The lowest BCUT2D eigenvalue weighted by atomic mass is 9.97. The molecule has 2 heteroatoms. The smallest absolute Gasteiger partial charge is 0.0546 e. The predicted molar refractivity (Wildman–Crippen MR) is 62.6 cm³/mol. The molecule has 0 amide bonds. The zero-order chi connectivity index (χ0) is 10.8. The molecule has 0 aromatic heterocycles. The van der Waals surface area contributed by atoms with E-state index in [2.05, 4.69) is 26.1 Å². The van der Waals surface area contributed by atoms with Crippen LogP contribution >= 0.6 is 0 Å². The Balaban J connectivity index is 3.65. The zero-order valence-corrected chi connectivity index (χ0v) is 10.3. The molecule has 0 saturated heterocycles. The van der Waals surface area contributed by atoms with Crippen LogP contribution in [-0.2, 0) is 4.74 Å². The number of rotatable bonds is 9. The number of hydrogen-bond acceptors (Lipinski definition) is 2. The van der Waals surface area contributed by atoms with Crippen LogP contribution in [0, 0.1) is 5.92 Å². The maximum absolute atomic E-state index is 5.31. The minimum absolute atomic E-state index is 0.398. The fraction of sp³-hybridized carbons (Fsp3) is 1.00. The van der Waals surface area contributed by atoms with Gasteiger partial charge in [-0.1, -0.05) is 20.3 Å². The highest BCUT2D eigenvalue weighted by atomic mass is 16.5. The van der Waals surface area contributed by atoms with Gasteiger partial charge >= 0.3 is 0 Å². The molecule has 14 heavy (non-hydrogen) atoms. The molecule has 2 nitrogen and oxygen atoms in total. The van der Waals surface area contributed by atoms with Crippen LogP contribution < -0.4 is 5.32 Å². The van der Waals surface area contributed by atoms with E-state index in [1.165, 1.54) is 25.7 Å². The van der Waals surface area contributed by atoms with Gasteiger partial charge in [-0.3, -0.25) is 0 Å². The van der Waals surface area contributed by atoms with E-state index in [0.717, 1.165) is 19.0 Å². The zero-order valence-electron chi connectivity index (χ0n) is 10.3. The van der Waals surface area contributed by atoms with Crippen molar-refractivity contribution in [3.8, 4) is 0 Å². The van der Waals surface area contributed by atoms with Crippen LogP contribution in [0.15, 0.2) is 0 Å². The molecule has 2 atom stereocenters. The van der Waals surface area contributed by atoms with Crippen LogP contribution in [0.25, 0.3) is 0 Å². The summed E-state index contributed by atoms with van der Waals surface area (Å²) in [7, 11) is 1.80. The highest BCUT2D eigenvalue weighted by Gasteiger charge is 2.11. The van der Waals surface area contributed by atoms with Gasteiger partial charge in [0.15, 0.2) is 0 Å². The summed E-state index contributed by atoms with van der Waals surface area (Å²) in [6.45, 7) is 8.91. The van der Waals surface area contributed by atoms with Gasteiger partial charge in [0.2, 0.25) is 0 Å². The molecule has 86 valence electrons. The topological polar surface area (TPSA) is 21.3 Å². The predicted octanol–water partition coefficient (Wildman–Crippen LogP) is 2.83. The summed E-state index contributed by atoms with van der Waals surface area (Å²) < 4.78 is 5.31. The first-order valence-corrected chi connectivity index (χ1v) is 5.98. The molecule has 0 aliphatic carbocycles. The van der Waals surface area contributed by atoms with Gasteiger partial charge < -0.3 is 10.1 Å². The van der Waals surface area contributed by atoms with Crippen molar-refractivity contribution in [2.24, 2.45) is 5.92 Å². The van der Waals surface area contributed by atoms with Crippen LogP contribution in [0.1, 0.15) is 46.5 Å². The highest BCUT2D eigenvalue weighted by Crippen LogP contribution is 2.14. The van der Waals surface area contributed by atoms with Crippen molar-refractivity contribution in [3.63, 3.8) is 0 Å². The molecular formula is C12H27NO. The number of hydrogen-bond donors (Lipinski definition) is 1. The summed E-state index contributed by atoms with van der Waals surface area (Å²) in [5, 5.41) is 3.49. The van der Waals surface area contributed by atoms with Gasteiger partial charge in [0, 0.05) is 7.11 Å². The molecule has 1 N–H and O–H groups in total.